The lowest BCUT2D eigenvalue weighted by Gasteiger charge is -2.01. The normalized spacial score (nSPS) is 11.6. The molecule has 0 N–H and O–H groups in total. The molecule has 4 aromatic rings. The van der Waals surface area contributed by atoms with Gasteiger partial charge in [0.25, 0.3) is 0 Å². The topological polar surface area (TPSA) is 43.1 Å². The maximum Gasteiger partial charge on any atom is 0.137 e. The average molecular weight is 340 g/mol. The first-order chi connectivity index (χ1) is 11.1. The van der Waals surface area contributed by atoms with Crippen LogP contribution in [0.2, 0.25) is 0 Å². The molecule has 0 amide bonds. The van der Waals surface area contributed by atoms with Gasteiger partial charge in [-0.1, -0.05) is 17.8 Å². The first kappa shape index (κ1) is 14.7. The van der Waals surface area contributed by atoms with Crippen molar-refractivity contribution in [1.82, 2.24) is 19.4 Å². The molecular weight excluding hydrogens is 324 g/mol. The Labute approximate surface area is 142 Å². The molecule has 23 heavy (non-hydrogen) atoms. The molecule has 0 radical (unpaired) electrons. The minimum absolute atomic E-state index is 0.807. The molecule has 116 valence electrons. The van der Waals surface area contributed by atoms with Crippen LogP contribution in [0.3, 0.4) is 0 Å². The quantitative estimate of drug-likeness (QED) is 0.405. The summed E-state index contributed by atoms with van der Waals surface area (Å²) in [5, 5.41) is 2.24. The molecule has 4 aromatic heterocycles. The number of fused-ring (bicyclic) bond motifs is 2. The van der Waals surface area contributed by atoms with E-state index in [4.69, 9.17) is 0 Å². The monoisotopic (exact) mass is 340 g/mol. The molecule has 0 aliphatic rings. The van der Waals surface area contributed by atoms with E-state index in [0.717, 1.165) is 27.0 Å². The Kier molecular flexibility index (Phi) is 3.58. The highest BCUT2D eigenvalue weighted by atomic mass is 32.2. The lowest BCUT2D eigenvalue weighted by Crippen LogP contribution is -1.87. The van der Waals surface area contributed by atoms with Gasteiger partial charge in [-0.15, -0.1) is 11.3 Å². The van der Waals surface area contributed by atoms with Crippen LogP contribution in [-0.2, 0) is 5.75 Å². The fourth-order valence-electron chi connectivity index (χ4n) is 2.63. The van der Waals surface area contributed by atoms with Crippen molar-refractivity contribution in [1.29, 1.82) is 0 Å². The summed E-state index contributed by atoms with van der Waals surface area (Å²) in [4.78, 5) is 15.9. The molecule has 4 heterocycles. The van der Waals surface area contributed by atoms with E-state index in [1.165, 1.54) is 21.4 Å². The summed E-state index contributed by atoms with van der Waals surface area (Å²) in [5.74, 6) is 0.807. The lowest BCUT2D eigenvalue weighted by molar-refractivity contribution is 1.10. The van der Waals surface area contributed by atoms with Crippen LogP contribution in [0.5, 0.6) is 0 Å². The van der Waals surface area contributed by atoms with E-state index in [1.807, 2.05) is 0 Å². The molecule has 0 saturated heterocycles. The van der Waals surface area contributed by atoms with Crippen molar-refractivity contribution in [2.75, 3.05) is 0 Å². The zero-order valence-electron chi connectivity index (χ0n) is 13.2. The van der Waals surface area contributed by atoms with Gasteiger partial charge in [-0.05, 0) is 38.0 Å². The largest absolute Gasteiger partial charge is 0.307 e. The molecule has 0 unspecified atom stereocenters. The lowest BCUT2D eigenvalue weighted by atomic mass is 10.2. The molecule has 4 nitrogen and oxygen atoms in total. The number of imidazole rings is 1. The average Bonchev–Trinajstić information content (AvgIpc) is 3.06. The highest BCUT2D eigenvalue weighted by Crippen LogP contribution is 2.35. The van der Waals surface area contributed by atoms with E-state index in [0.29, 0.717) is 0 Å². The number of thioether (sulfide) groups is 1. The number of rotatable bonds is 3. The molecule has 4 rings (SSSR count). The van der Waals surface area contributed by atoms with Crippen LogP contribution in [0.4, 0.5) is 0 Å². The molecule has 0 aromatic carbocycles. The number of hydrogen-bond acceptors (Lipinski definition) is 5. The van der Waals surface area contributed by atoms with Gasteiger partial charge in [0.2, 0.25) is 0 Å². The Hall–Kier alpha value is -1.92. The Morgan fingerprint density at radius 1 is 1.13 bits per heavy atom. The minimum Gasteiger partial charge on any atom is -0.307 e. The van der Waals surface area contributed by atoms with Crippen LogP contribution in [0.25, 0.3) is 15.9 Å². The van der Waals surface area contributed by atoms with Gasteiger partial charge in [0.15, 0.2) is 0 Å². The van der Waals surface area contributed by atoms with Gasteiger partial charge in [0.1, 0.15) is 21.8 Å². The molecule has 0 bridgehead atoms. The highest BCUT2D eigenvalue weighted by molar-refractivity contribution is 7.98. The van der Waals surface area contributed by atoms with Crippen LogP contribution in [0.15, 0.2) is 35.9 Å². The number of thiophene rings is 1. The van der Waals surface area contributed by atoms with Crippen molar-refractivity contribution in [3.8, 4) is 0 Å². The second kappa shape index (κ2) is 5.62. The van der Waals surface area contributed by atoms with Crippen molar-refractivity contribution in [2.24, 2.45) is 0 Å². The Morgan fingerprint density at radius 2 is 2.00 bits per heavy atom. The van der Waals surface area contributed by atoms with Crippen LogP contribution in [0.1, 0.15) is 21.7 Å². The van der Waals surface area contributed by atoms with Crippen molar-refractivity contribution in [3.63, 3.8) is 0 Å². The van der Waals surface area contributed by atoms with Gasteiger partial charge >= 0.3 is 0 Å². The number of aromatic nitrogens is 4. The van der Waals surface area contributed by atoms with Gasteiger partial charge in [-0.25, -0.2) is 15.0 Å². The first-order valence-electron chi connectivity index (χ1n) is 7.39. The summed E-state index contributed by atoms with van der Waals surface area (Å²) < 4.78 is 2.08. The third-order valence-electron chi connectivity index (χ3n) is 3.94. The molecule has 0 spiro atoms. The smallest absolute Gasteiger partial charge is 0.137 e. The SMILES string of the molecule is Cc1ccc2nc(CSc3ncnc4sc(C)c(C)c34)cn2c1. The second-order valence-corrected chi connectivity index (χ2v) is 7.80. The number of hydrogen-bond donors (Lipinski definition) is 0. The summed E-state index contributed by atoms with van der Waals surface area (Å²) >= 11 is 3.47. The third-order valence-corrected chi connectivity index (χ3v) is 6.07. The molecule has 0 aliphatic heterocycles. The van der Waals surface area contributed by atoms with Gasteiger partial charge in [0, 0.05) is 28.4 Å². The molecule has 6 heteroatoms. The maximum absolute atomic E-state index is 4.68. The molecular formula is C17H16N4S2. The molecule has 0 aliphatic carbocycles. The van der Waals surface area contributed by atoms with E-state index >= 15 is 0 Å². The van der Waals surface area contributed by atoms with Crippen molar-refractivity contribution >= 4 is 39.0 Å². The molecule has 0 saturated carbocycles. The Balaban J connectivity index is 1.65. The summed E-state index contributed by atoms with van der Waals surface area (Å²) in [6.07, 6.45) is 5.86. The summed E-state index contributed by atoms with van der Waals surface area (Å²) in [7, 11) is 0. The van der Waals surface area contributed by atoms with E-state index in [1.54, 1.807) is 29.4 Å². The van der Waals surface area contributed by atoms with Gasteiger partial charge in [-0.3, -0.25) is 0 Å². The highest BCUT2D eigenvalue weighted by Gasteiger charge is 2.13. The zero-order chi connectivity index (χ0) is 16.0. The standard InChI is InChI=1S/C17H16N4S2/c1-10-4-5-14-20-13(7-21(14)6-10)8-22-16-15-11(2)12(3)23-17(15)19-9-18-16/h4-7,9H,8H2,1-3H3. The molecule has 0 atom stereocenters. The van der Waals surface area contributed by atoms with Crippen LogP contribution in [-0.4, -0.2) is 19.4 Å². The number of pyridine rings is 1. The van der Waals surface area contributed by atoms with E-state index in [2.05, 4.69) is 64.7 Å². The van der Waals surface area contributed by atoms with E-state index in [9.17, 15) is 0 Å². The number of aryl methyl sites for hydroxylation is 3. The van der Waals surface area contributed by atoms with E-state index < -0.39 is 0 Å². The van der Waals surface area contributed by atoms with E-state index in [-0.39, 0.29) is 0 Å². The number of nitrogens with zero attached hydrogens (tertiary/aromatic N) is 4. The minimum atomic E-state index is 0.807. The van der Waals surface area contributed by atoms with Gasteiger partial charge in [-0.2, -0.15) is 0 Å². The van der Waals surface area contributed by atoms with Crippen LogP contribution >= 0.6 is 23.1 Å². The van der Waals surface area contributed by atoms with Crippen molar-refractivity contribution in [2.45, 2.75) is 31.6 Å². The summed E-state index contributed by atoms with van der Waals surface area (Å²) in [6.45, 7) is 6.38. The fourth-order valence-corrected chi connectivity index (χ4v) is 4.63. The zero-order valence-corrected chi connectivity index (χ0v) is 14.8. The summed E-state index contributed by atoms with van der Waals surface area (Å²) in [6, 6.07) is 4.14. The summed E-state index contributed by atoms with van der Waals surface area (Å²) in [5.41, 5.74) is 4.58. The Morgan fingerprint density at radius 3 is 2.87 bits per heavy atom. The Bertz CT molecular complexity index is 1020. The van der Waals surface area contributed by atoms with Crippen LogP contribution in [0, 0.1) is 20.8 Å². The maximum atomic E-state index is 4.68. The van der Waals surface area contributed by atoms with Gasteiger partial charge < -0.3 is 4.40 Å². The van der Waals surface area contributed by atoms with Crippen molar-refractivity contribution < 1.29 is 0 Å². The van der Waals surface area contributed by atoms with Crippen molar-refractivity contribution in [3.05, 3.63) is 52.6 Å². The van der Waals surface area contributed by atoms with Crippen LogP contribution < -0.4 is 0 Å². The predicted molar refractivity (Wildman–Crippen MR) is 96.4 cm³/mol. The third kappa shape index (κ3) is 2.62. The van der Waals surface area contributed by atoms with Gasteiger partial charge in [0.05, 0.1) is 5.69 Å². The second-order valence-electron chi connectivity index (χ2n) is 5.64. The fraction of sp³-hybridized carbons (Fsp3) is 0.235. The first-order valence-corrected chi connectivity index (χ1v) is 9.20. The predicted octanol–water partition coefficient (Wildman–Crippen LogP) is 4.56. The molecule has 0 fully saturated rings.